The van der Waals surface area contributed by atoms with E-state index in [4.69, 9.17) is 13.9 Å². The van der Waals surface area contributed by atoms with Gasteiger partial charge in [0.2, 0.25) is 0 Å². The molecule has 0 aliphatic heterocycles. The monoisotopic (exact) mass is 353 g/mol. The molecular weight excluding hydrogens is 330 g/mol. The molecule has 3 aromatic rings. The van der Waals surface area contributed by atoms with Crippen LogP contribution in [0.15, 0.2) is 39.5 Å². The molecule has 0 fully saturated rings. The molecule has 0 amide bonds. The van der Waals surface area contributed by atoms with Gasteiger partial charge in [-0.2, -0.15) is 0 Å². The molecule has 0 saturated heterocycles. The molecule has 0 aliphatic carbocycles. The maximum absolute atomic E-state index is 11.9. The molecule has 5 nitrogen and oxygen atoms in total. The van der Waals surface area contributed by atoms with Crippen LogP contribution in [0.5, 0.6) is 11.5 Å². The van der Waals surface area contributed by atoms with Gasteiger partial charge in [-0.1, -0.05) is 0 Å². The largest absolute Gasteiger partial charge is 0.493 e. The number of fused-ring (bicyclic) bond motifs is 1. The van der Waals surface area contributed by atoms with Crippen LogP contribution in [0.3, 0.4) is 0 Å². The Labute approximate surface area is 152 Å². The summed E-state index contributed by atoms with van der Waals surface area (Å²) in [5, 5.41) is 4.34. The van der Waals surface area contributed by atoms with Crippen molar-refractivity contribution in [3.63, 3.8) is 0 Å². The van der Waals surface area contributed by atoms with Gasteiger partial charge in [0.1, 0.15) is 5.58 Å². The summed E-state index contributed by atoms with van der Waals surface area (Å²) in [5.41, 5.74) is 5.38. The van der Waals surface area contributed by atoms with Gasteiger partial charge in [-0.05, 0) is 61.2 Å². The molecular formula is C21H23NO4. The molecule has 3 rings (SSSR count). The third-order valence-corrected chi connectivity index (χ3v) is 4.64. The van der Waals surface area contributed by atoms with E-state index in [0.717, 1.165) is 33.3 Å². The number of rotatable bonds is 5. The van der Waals surface area contributed by atoms with Crippen LogP contribution in [0, 0.1) is 20.8 Å². The highest BCUT2D eigenvalue weighted by Crippen LogP contribution is 2.33. The maximum Gasteiger partial charge on any atom is 0.336 e. The molecule has 136 valence electrons. The van der Waals surface area contributed by atoms with Crippen molar-refractivity contribution in [3.8, 4) is 11.5 Å². The minimum absolute atomic E-state index is 0.346. The third-order valence-electron chi connectivity index (χ3n) is 4.64. The van der Waals surface area contributed by atoms with Crippen LogP contribution < -0.4 is 20.4 Å². The van der Waals surface area contributed by atoms with E-state index in [9.17, 15) is 4.79 Å². The molecule has 1 N–H and O–H groups in total. The lowest BCUT2D eigenvalue weighted by atomic mass is 10.0. The molecule has 0 radical (unpaired) electrons. The second kappa shape index (κ2) is 7.12. The van der Waals surface area contributed by atoms with Crippen molar-refractivity contribution >= 4 is 16.7 Å². The highest BCUT2D eigenvalue weighted by molar-refractivity contribution is 5.82. The predicted octanol–water partition coefficient (Wildman–Crippen LogP) is 4.35. The fourth-order valence-electron chi connectivity index (χ4n) is 2.99. The Balaban J connectivity index is 1.98. The van der Waals surface area contributed by atoms with Gasteiger partial charge in [0.05, 0.1) is 14.2 Å². The summed E-state index contributed by atoms with van der Waals surface area (Å²) in [4.78, 5) is 11.9. The van der Waals surface area contributed by atoms with E-state index in [1.165, 1.54) is 0 Å². The number of methoxy groups -OCH3 is 2. The first kappa shape index (κ1) is 17.9. The summed E-state index contributed by atoms with van der Waals surface area (Å²) in [6, 6.07) is 9.34. The Kier molecular flexibility index (Phi) is 4.89. The number of hydrogen-bond donors (Lipinski definition) is 1. The first-order chi connectivity index (χ1) is 12.4. The van der Waals surface area contributed by atoms with E-state index < -0.39 is 0 Å². The second-order valence-corrected chi connectivity index (χ2v) is 6.40. The fourth-order valence-corrected chi connectivity index (χ4v) is 2.99. The summed E-state index contributed by atoms with van der Waals surface area (Å²) in [6.07, 6.45) is 0. The first-order valence-electron chi connectivity index (χ1n) is 8.43. The molecule has 2 aromatic carbocycles. The molecule has 1 aromatic heterocycles. The van der Waals surface area contributed by atoms with Crippen LogP contribution >= 0.6 is 0 Å². The van der Waals surface area contributed by atoms with Gasteiger partial charge in [-0.15, -0.1) is 0 Å². The smallest absolute Gasteiger partial charge is 0.336 e. The predicted molar refractivity (Wildman–Crippen MR) is 104 cm³/mol. The van der Waals surface area contributed by atoms with E-state index in [0.29, 0.717) is 23.6 Å². The number of nitrogens with one attached hydrogen (secondary N) is 1. The van der Waals surface area contributed by atoms with Crippen molar-refractivity contribution in [1.82, 2.24) is 0 Å². The Morgan fingerprint density at radius 3 is 2.23 bits per heavy atom. The lowest BCUT2D eigenvalue weighted by Crippen LogP contribution is -2.07. The number of ether oxygens (including phenoxy) is 2. The molecule has 0 saturated carbocycles. The van der Waals surface area contributed by atoms with Crippen LogP contribution in [0.2, 0.25) is 0 Å². The molecule has 0 unspecified atom stereocenters. The SMILES string of the molecule is COc1cc(C)c(NCc2cc(=O)oc3cc(C)c(C)cc23)cc1OC. The highest BCUT2D eigenvalue weighted by Gasteiger charge is 2.11. The summed E-state index contributed by atoms with van der Waals surface area (Å²) >= 11 is 0. The maximum atomic E-state index is 11.9. The zero-order valence-electron chi connectivity index (χ0n) is 15.7. The topological polar surface area (TPSA) is 60.7 Å². The summed E-state index contributed by atoms with van der Waals surface area (Å²) in [6.45, 7) is 6.55. The summed E-state index contributed by atoms with van der Waals surface area (Å²) in [7, 11) is 3.22. The van der Waals surface area contributed by atoms with Gasteiger partial charge in [-0.3, -0.25) is 0 Å². The van der Waals surface area contributed by atoms with E-state index in [1.54, 1.807) is 20.3 Å². The van der Waals surface area contributed by atoms with Gasteiger partial charge in [0, 0.05) is 29.8 Å². The summed E-state index contributed by atoms with van der Waals surface area (Å²) < 4.78 is 16.1. The van der Waals surface area contributed by atoms with E-state index >= 15 is 0 Å². The lowest BCUT2D eigenvalue weighted by molar-refractivity contribution is 0.355. The van der Waals surface area contributed by atoms with Gasteiger partial charge in [-0.25, -0.2) is 4.79 Å². The number of anilines is 1. The minimum atomic E-state index is -0.346. The Morgan fingerprint density at radius 2 is 1.54 bits per heavy atom. The molecule has 26 heavy (non-hydrogen) atoms. The Hall–Kier alpha value is -2.95. The van der Waals surface area contributed by atoms with Crippen molar-refractivity contribution < 1.29 is 13.9 Å². The first-order valence-corrected chi connectivity index (χ1v) is 8.43. The molecule has 1 heterocycles. The van der Waals surface area contributed by atoms with Crippen LogP contribution in [0.25, 0.3) is 11.0 Å². The highest BCUT2D eigenvalue weighted by atomic mass is 16.5. The third kappa shape index (κ3) is 3.38. The van der Waals surface area contributed by atoms with E-state index in [1.807, 2.05) is 32.0 Å². The number of aryl methyl sites for hydroxylation is 3. The van der Waals surface area contributed by atoms with Crippen LogP contribution in [0.4, 0.5) is 5.69 Å². The van der Waals surface area contributed by atoms with Gasteiger partial charge in [0.15, 0.2) is 11.5 Å². The number of benzene rings is 2. The van der Waals surface area contributed by atoms with Crippen molar-refractivity contribution in [2.45, 2.75) is 27.3 Å². The Bertz CT molecular complexity index is 1020. The molecule has 0 spiro atoms. The molecule has 5 heteroatoms. The average molecular weight is 353 g/mol. The second-order valence-electron chi connectivity index (χ2n) is 6.40. The van der Waals surface area contributed by atoms with Gasteiger partial charge in [0.25, 0.3) is 0 Å². The summed E-state index contributed by atoms with van der Waals surface area (Å²) in [5.74, 6) is 1.34. The van der Waals surface area contributed by atoms with Crippen molar-refractivity contribution in [3.05, 3.63) is 63.0 Å². The average Bonchev–Trinajstić information content (AvgIpc) is 2.61. The lowest BCUT2D eigenvalue weighted by Gasteiger charge is -2.15. The normalized spacial score (nSPS) is 10.8. The van der Waals surface area contributed by atoms with Gasteiger partial charge >= 0.3 is 5.63 Å². The van der Waals surface area contributed by atoms with Crippen molar-refractivity contribution in [2.75, 3.05) is 19.5 Å². The zero-order valence-corrected chi connectivity index (χ0v) is 15.7. The minimum Gasteiger partial charge on any atom is -0.493 e. The molecule has 0 atom stereocenters. The van der Waals surface area contributed by atoms with Crippen LogP contribution in [-0.4, -0.2) is 14.2 Å². The molecule has 0 bridgehead atoms. The molecule has 0 aliphatic rings. The standard InChI is InChI=1S/C21H23NO4/c1-12-6-16-15(9-21(23)26-18(16)7-13(12)2)11-22-17-10-20(25-5)19(24-4)8-14(17)3/h6-10,22H,11H2,1-5H3. The zero-order chi connectivity index (χ0) is 18.8. The van der Waals surface area contributed by atoms with Crippen LogP contribution in [-0.2, 0) is 6.54 Å². The number of hydrogen-bond acceptors (Lipinski definition) is 5. The van der Waals surface area contributed by atoms with Gasteiger partial charge < -0.3 is 19.2 Å². The van der Waals surface area contributed by atoms with Crippen molar-refractivity contribution in [2.24, 2.45) is 0 Å². The van der Waals surface area contributed by atoms with E-state index in [2.05, 4.69) is 18.3 Å². The van der Waals surface area contributed by atoms with E-state index in [-0.39, 0.29) is 5.63 Å². The van der Waals surface area contributed by atoms with Crippen LogP contribution in [0.1, 0.15) is 22.3 Å². The Morgan fingerprint density at radius 1 is 0.885 bits per heavy atom. The quantitative estimate of drug-likeness (QED) is 0.691. The fraction of sp³-hybridized carbons (Fsp3) is 0.286. The van der Waals surface area contributed by atoms with Crippen molar-refractivity contribution in [1.29, 1.82) is 0 Å².